The van der Waals surface area contributed by atoms with Crippen LogP contribution in [0.1, 0.15) is 185 Å². The van der Waals surface area contributed by atoms with Crippen molar-refractivity contribution in [3.8, 4) is 0 Å². The SMILES string of the molecule is CCCCCCCCCCCCCC(=O)NC(C)(C)C(=O)N1CC(O)C[C@H]1C(=O)N[C@@H](CC(C)C)C(=O)N[C@H](C(=O)N[C@@H](CCC(N)=O)C(=O)N[C@@H](CC(C)C)C(=O)CC)C(C)C. The van der Waals surface area contributed by atoms with Crippen molar-refractivity contribution in [3.63, 3.8) is 0 Å². The van der Waals surface area contributed by atoms with Crippen LogP contribution in [0.4, 0.5) is 0 Å². The molecule has 0 radical (unpaired) electrons. The molecule has 0 aromatic carbocycles. The number of Topliss-reactive ketones (excluding diaryl/α,β-unsaturated/α-hetero) is 1. The second-order valence-electron chi connectivity index (χ2n) is 19.3. The number of aliphatic hydroxyl groups is 1. The Balaban J connectivity index is 3.04. The van der Waals surface area contributed by atoms with Crippen molar-refractivity contribution in [1.82, 2.24) is 31.5 Å². The van der Waals surface area contributed by atoms with E-state index >= 15 is 0 Å². The zero-order valence-corrected chi connectivity index (χ0v) is 40.4. The van der Waals surface area contributed by atoms with Gasteiger partial charge >= 0.3 is 0 Å². The summed E-state index contributed by atoms with van der Waals surface area (Å²) < 4.78 is 0. The first-order valence-corrected chi connectivity index (χ1v) is 23.9. The number of likely N-dealkylation sites (tertiary alicyclic amines) is 1. The number of unbranched alkanes of at least 4 members (excludes halogenated alkanes) is 10. The molecular formula is C47H85N7O9. The van der Waals surface area contributed by atoms with Gasteiger partial charge in [0.1, 0.15) is 29.7 Å². The van der Waals surface area contributed by atoms with E-state index in [1.165, 1.54) is 49.8 Å². The molecule has 6 atom stereocenters. The fourth-order valence-corrected chi connectivity index (χ4v) is 7.90. The van der Waals surface area contributed by atoms with Gasteiger partial charge in [-0.05, 0) is 57.3 Å². The molecule has 0 spiro atoms. The van der Waals surface area contributed by atoms with Crippen LogP contribution >= 0.6 is 0 Å². The number of ketones is 1. The summed E-state index contributed by atoms with van der Waals surface area (Å²) in [5.74, 6) is -4.93. The third-order valence-corrected chi connectivity index (χ3v) is 11.5. The number of primary amides is 1. The van der Waals surface area contributed by atoms with E-state index in [0.717, 1.165) is 19.3 Å². The first-order valence-electron chi connectivity index (χ1n) is 23.9. The van der Waals surface area contributed by atoms with Crippen molar-refractivity contribution in [1.29, 1.82) is 0 Å². The summed E-state index contributed by atoms with van der Waals surface area (Å²) in [5.41, 5.74) is 4.00. The molecular weight excluding hydrogens is 807 g/mol. The maximum Gasteiger partial charge on any atom is 0.248 e. The number of aliphatic hydroxyl groups excluding tert-OH is 1. The molecule has 1 heterocycles. The molecule has 0 saturated carbocycles. The fraction of sp³-hybridized carbons (Fsp3) is 0.830. The average Bonchev–Trinajstić information content (AvgIpc) is 3.59. The van der Waals surface area contributed by atoms with Crippen LogP contribution in [-0.4, -0.2) is 106 Å². The molecule has 63 heavy (non-hydrogen) atoms. The highest BCUT2D eigenvalue weighted by Crippen LogP contribution is 2.23. The van der Waals surface area contributed by atoms with Crippen LogP contribution in [0, 0.1) is 17.8 Å². The van der Waals surface area contributed by atoms with Crippen LogP contribution in [0.3, 0.4) is 0 Å². The van der Waals surface area contributed by atoms with Gasteiger partial charge in [-0.3, -0.25) is 38.4 Å². The monoisotopic (exact) mass is 892 g/mol. The molecule has 1 rings (SSSR count). The van der Waals surface area contributed by atoms with Gasteiger partial charge in [0.2, 0.25) is 41.4 Å². The van der Waals surface area contributed by atoms with E-state index in [9.17, 15) is 43.5 Å². The Morgan fingerprint density at radius 3 is 1.68 bits per heavy atom. The van der Waals surface area contributed by atoms with E-state index in [0.29, 0.717) is 12.8 Å². The highest BCUT2D eigenvalue weighted by Gasteiger charge is 2.45. The van der Waals surface area contributed by atoms with Crippen LogP contribution in [0.25, 0.3) is 0 Å². The third-order valence-electron chi connectivity index (χ3n) is 11.5. The molecule has 0 aromatic heterocycles. The molecule has 0 aliphatic carbocycles. The Morgan fingerprint density at radius 2 is 1.17 bits per heavy atom. The standard InChI is InChI=1S/C47H85N7O9/c1-11-13-14-15-16-17-18-19-20-21-22-23-40(58)53-47(9,10)46(63)54-29-33(55)28-37(54)44(61)51-36(27-31(5)6)43(60)52-41(32(7)8)45(62)49-34(24-25-39(48)57)42(59)50-35(26-30(3)4)38(56)12-2/h30-37,41,55H,11-29H2,1-10H3,(H2,48,57)(H,49,62)(H,50,59)(H,51,61)(H,52,60)(H,53,58)/t33?,34-,35-,36-,37-,41-/m0/s1. The maximum atomic E-state index is 14.0. The zero-order chi connectivity index (χ0) is 47.9. The van der Waals surface area contributed by atoms with Gasteiger partial charge in [0.15, 0.2) is 5.78 Å². The molecule has 16 heteroatoms. The molecule has 7 amide bonds. The Labute approximate surface area is 377 Å². The van der Waals surface area contributed by atoms with Crippen molar-refractivity contribution in [2.45, 2.75) is 227 Å². The van der Waals surface area contributed by atoms with Gasteiger partial charge < -0.3 is 42.3 Å². The van der Waals surface area contributed by atoms with Crippen LogP contribution in [0.15, 0.2) is 0 Å². The average molecular weight is 892 g/mol. The quantitative estimate of drug-likeness (QED) is 0.0470. The lowest BCUT2D eigenvalue weighted by atomic mass is 9.97. The number of nitrogens with two attached hydrogens (primary N) is 1. The van der Waals surface area contributed by atoms with Gasteiger partial charge in [-0.25, -0.2) is 0 Å². The summed E-state index contributed by atoms with van der Waals surface area (Å²) >= 11 is 0. The van der Waals surface area contributed by atoms with E-state index < -0.39 is 83.2 Å². The number of nitrogens with one attached hydrogen (secondary N) is 5. The summed E-state index contributed by atoms with van der Waals surface area (Å²) in [4.78, 5) is 108. The number of hydrogen-bond donors (Lipinski definition) is 7. The Bertz CT molecular complexity index is 1480. The van der Waals surface area contributed by atoms with E-state index in [4.69, 9.17) is 5.73 Å². The molecule has 1 unspecified atom stereocenters. The predicted molar refractivity (Wildman–Crippen MR) is 245 cm³/mol. The van der Waals surface area contributed by atoms with Crippen molar-refractivity contribution in [2.75, 3.05) is 6.54 Å². The highest BCUT2D eigenvalue weighted by atomic mass is 16.3. The van der Waals surface area contributed by atoms with Gasteiger partial charge in [-0.1, -0.05) is 120 Å². The van der Waals surface area contributed by atoms with E-state index in [2.05, 4.69) is 33.5 Å². The summed E-state index contributed by atoms with van der Waals surface area (Å²) in [6.07, 6.45) is 12.2. The van der Waals surface area contributed by atoms with Crippen LogP contribution in [-0.2, 0) is 38.4 Å². The molecule has 16 nitrogen and oxygen atoms in total. The van der Waals surface area contributed by atoms with Crippen molar-refractivity contribution >= 4 is 47.1 Å². The molecule has 0 aromatic rings. The second kappa shape index (κ2) is 29.4. The Morgan fingerprint density at radius 1 is 0.667 bits per heavy atom. The molecule has 1 aliphatic heterocycles. The number of hydrogen-bond acceptors (Lipinski definition) is 9. The van der Waals surface area contributed by atoms with E-state index in [1.54, 1.807) is 34.6 Å². The molecule has 1 fully saturated rings. The molecule has 362 valence electrons. The maximum absolute atomic E-state index is 14.0. The number of amides is 7. The van der Waals surface area contributed by atoms with Gasteiger partial charge in [0, 0.05) is 32.2 Å². The van der Waals surface area contributed by atoms with Crippen LogP contribution in [0.2, 0.25) is 0 Å². The van der Waals surface area contributed by atoms with Gasteiger partial charge in [-0.2, -0.15) is 0 Å². The third kappa shape index (κ3) is 21.9. The first kappa shape index (κ1) is 56.9. The molecule has 1 aliphatic rings. The normalized spacial score (nSPS) is 17.2. The molecule has 1 saturated heterocycles. The van der Waals surface area contributed by atoms with E-state index in [1.807, 2.05) is 27.7 Å². The first-order chi connectivity index (χ1) is 29.5. The summed E-state index contributed by atoms with van der Waals surface area (Å²) in [6.45, 7) is 17.8. The number of nitrogens with zero attached hydrogens (tertiary/aromatic N) is 1. The topological polar surface area (TPSA) is 246 Å². The fourth-order valence-electron chi connectivity index (χ4n) is 7.90. The minimum Gasteiger partial charge on any atom is -0.391 e. The number of carbonyl (C=O) groups excluding carboxylic acids is 8. The number of rotatable bonds is 32. The van der Waals surface area contributed by atoms with Crippen molar-refractivity contribution < 1.29 is 43.5 Å². The number of β-amino-alcohol motifs (C(OH)–C–C–N with tert-alkyl or cyclic N) is 1. The van der Waals surface area contributed by atoms with Crippen LogP contribution < -0.4 is 32.3 Å². The predicted octanol–water partition coefficient (Wildman–Crippen LogP) is 4.48. The zero-order valence-electron chi connectivity index (χ0n) is 40.4. The Hall–Kier alpha value is -4.08. The van der Waals surface area contributed by atoms with Crippen LogP contribution in [0.5, 0.6) is 0 Å². The highest BCUT2D eigenvalue weighted by molar-refractivity contribution is 5.98. The van der Waals surface area contributed by atoms with Crippen molar-refractivity contribution in [3.05, 3.63) is 0 Å². The molecule has 8 N–H and O–H groups in total. The lowest BCUT2D eigenvalue weighted by Crippen LogP contribution is -2.61. The van der Waals surface area contributed by atoms with Gasteiger partial charge in [0.25, 0.3) is 0 Å². The van der Waals surface area contributed by atoms with Crippen molar-refractivity contribution in [2.24, 2.45) is 23.5 Å². The minimum atomic E-state index is -1.38. The smallest absolute Gasteiger partial charge is 0.248 e. The summed E-state index contributed by atoms with van der Waals surface area (Å²) in [5, 5.41) is 24.3. The largest absolute Gasteiger partial charge is 0.391 e. The van der Waals surface area contributed by atoms with Gasteiger partial charge in [-0.15, -0.1) is 0 Å². The molecule has 0 bridgehead atoms. The summed E-state index contributed by atoms with van der Waals surface area (Å²) in [6, 6.07) is -5.50. The van der Waals surface area contributed by atoms with E-state index in [-0.39, 0.29) is 68.6 Å². The lowest BCUT2D eigenvalue weighted by Gasteiger charge is -2.34. The van der Waals surface area contributed by atoms with Gasteiger partial charge in [0.05, 0.1) is 12.1 Å². The minimum absolute atomic E-state index is 0.0793. The second-order valence-corrected chi connectivity index (χ2v) is 19.3. The number of carbonyl (C=O) groups is 8. The summed E-state index contributed by atoms with van der Waals surface area (Å²) in [7, 11) is 0. The lowest BCUT2D eigenvalue weighted by molar-refractivity contribution is -0.145. The Kier molecular flexibility index (Phi) is 26.6.